The summed E-state index contributed by atoms with van der Waals surface area (Å²) < 4.78 is 0. The van der Waals surface area contributed by atoms with Crippen LogP contribution in [0.3, 0.4) is 0 Å². The van der Waals surface area contributed by atoms with Crippen LogP contribution in [0.2, 0.25) is 0 Å². The largest absolute Gasteiger partial charge is 0.507 e. The Morgan fingerprint density at radius 3 is 2.54 bits per heavy atom. The molecule has 0 spiro atoms. The topological polar surface area (TPSA) is 57.5 Å². The molecule has 0 unspecified atom stereocenters. The minimum absolute atomic E-state index is 0.0420. The average molecular weight is 180 g/mol. The molecule has 0 aliphatic rings. The lowest BCUT2D eigenvalue weighted by Crippen LogP contribution is -2.02. The Kier molecular flexibility index (Phi) is 2.56. The molecule has 0 atom stereocenters. The number of carbonyl (C=O) groups is 1. The number of aromatic hydroxyl groups is 1. The molecule has 0 fully saturated rings. The van der Waals surface area contributed by atoms with E-state index in [4.69, 9.17) is 5.11 Å². The van der Waals surface area contributed by atoms with Crippen LogP contribution in [0.1, 0.15) is 16.7 Å². The van der Waals surface area contributed by atoms with E-state index in [1.807, 2.05) is 0 Å². The minimum Gasteiger partial charge on any atom is -0.507 e. The monoisotopic (exact) mass is 180 g/mol. The van der Waals surface area contributed by atoms with Crippen molar-refractivity contribution >= 4 is 5.97 Å². The normalized spacial score (nSPS) is 10.0. The summed E-state index contributed by atoms with van der Waals surface area (Å²) in [5.41, 5.74) is 2.09. The third-order valence-corrected chi connectivity index (χ3v) is 2.09. The predicted octanol–water partition coefficient (Wildman–Crippen LogP) is 1.64. The van der Waals surface area contributed by atoms with Crippen molar-refractivity contribution in [3.05, 3.63) is 28.8 Å². The second-order valence-electron chi connectivity index (χ2n) is 3.09. The number of hydrogen-bond acceptors (Lipinski definition) is 2. The van der Waals surface area contributed by atoms with Gasteiger partial charge in [-0.15, -0.1) is 0 Å². The Morgan fingerprint density at radius 1 is 1.38 bits per heavy atom. The maximum absolute atomic E-state index is 10.4. The highest BCUT2D eigenvalue weighted by atomic mass is 16.4. The van der Waals surface area contributed by atoms with Crippen LogP contribution in [0.4, 0.5) is 0 Å². The average Bonchev–Trinajstić information content (AvgIpc) is 2.06. The highest BCUT2D eigenvalue weighted by Gasteiger charge is 2.08. The first-order valence-corrected chi connectivity index (χ1v) is 4.02. The zero-order chi connectivity index (χ0) is 10.0. The molecule has 0 amide bonds. The SMILES string of the molecule is Cc1ccc(CC(=O)O)c(C)c1O. The quantitative estimate of drug-likeness (QED) is 0.727. The lowest BCUT2D eigenvalue weighted by Gasteiger charge is -2.07. The van der Waals surface area contributed by atoms with Gasteiger partial charge < -0.3 is 10.2 Å². The van der Waals surface area contributed by atoms with Gasteiger partial charge >= 0.3 is 5.97 Å². The molecule has 0 saturated carbocycles. The van der Waals surface area contributed by atoms with Crippen molar-refractivity contribution in [2.75, 3.05) is 0 Å². The minimum atomic E-state index is -0.883. The van der Waals surface area contributed by atoms with Crippen molar-refractivity contribution in [1.82, 2.24) is 0 Å². The molecule has 0 bridgehead atoms. The molecule has 0 heterocycles. The van der Waals surface area contributed by atoms with E-state index in [-0.39, 0.29) is 12.2 Å². The molecule has 3 heteroatoms. The molecule has 2 N–H and O–H groups in total. The summed E-state index contributed by atoms with van der Waals surface area (Å²) >= 11 is 0. The van der Waals surface area contributed by atoms with Gasteiger partial charge in [-0.2, -0.15) is 0 Å². The van der Waals surface area contributed by atoms with Crippen LogP contribution in [0.5, 0.6) is 5.75 Å². The van der Waals surface area contributed by atoms with Gasteiger partial charge in [0.25, 0.3) is 0 Å². The van der Waals surface area contributed by atoms with Gasteiger partial charge in [0, 0.05) is 0 Å². The summed E-state index contributed by atoms with van der Waals surface area (Å²) in [5.74, 6) is -0.690. The summed E-state index contributed by atoms with van der Waals surface area (Å²) in [6, 6.07) is 3.46. The number of phenolic OH excluding ortho intramolecular Hbond substituents is 1. The fourth-order valence-corrected chi connectivity index (χ4v) is 1.23. The van der Waals surface area contributed by atoms with Crippen LogP contribution in [0.15, 0.2) is 12.1 Å². The number of carboxylic acids is 1. The van der Waals surface area contributed by atoms with Crippen LogP contribution < -0.4 is 0 Å². The van der Waals surface area contributed by atoms with Crippen LogP contribution in [-0.4, -0.2) is 16.2 Å². The standard InChI is InChI=1S/C10H12O3/c1-6-3-4-8(5-9(11)12)7(2)10(6)13/h3-4,13H,5H2,1-2H3,(H,11,12). The molecular formula is C10H12O3. The third-order valence-electron chi connectivity index (χ3n) is 2.09. The molecule has 0 aliphatic carbocycles. The fraction of sp³-hybridized carbons (Fsp3) is 0.300. The Labute approximate surface area is 76.6 Å². The molecule has 13 heavy (non-hydrogen) atoms. The van der Waals surface area contributed by atoms with Gasteiger partial charge in [0.1, 0.15) is 5.75 Å². The molecule has 1 aromatic rings. The Balaban J connectivity index is 3.10. The molecule has 0 radical (unpaired) electrons. The molecule has 0 aromatic heterocycles. The van der Waals surface area contributed by atoms with Gasteiger partial charge in [0.2, 0.25) is 0 Å². The maximum atomic E-state index is 10.4. The number of aliphatic carboxylic acids is 1. The van der Waals surface area contributed by atoms with Gasteiger partial charge in [0.15, 0.2) is 0 Å². The Bertz CT molecular complexity index is 342. The Hall–Kier alpha value is -1.51. The van der Waals surface area contributed by atoms with Crippen LogP contribution in [0.25, 0.3) is 0 Å². The molecule has 1 aromatic carbocycles. The van der Waals surface area contributed by atoms with Gasteiger partial charge in [-0.05, 0) is 30.5 Å². The second kappa shape index (κ2) is 3.47. The van der Waals surface area contributed by atoms with Crippen molar-refractivity contribution in [3.63, 3.8) is 0 Å². The highest BCUT2D eigenvalue weighted by Crippen LogP contribution is 2.24. The third kappa shape index (κ3) is 1.99. The van der Waals surface area contributed by atoms with E-state index in [9.17, 15) is 9.90 Å². The summed E-state index contributed by atoms with van der Waals surface area (Å²) in [4.78, 5) is 10.4. The van der Waals surface area contributed by atoms with Gasteiger partial charge in [0.05, 0.1) is 6.42 Å². The van der Waals surface area contributed by atoms with Gasteiger partial charge in [-0.1, -0.05) is 12.1 Å². The number of rotatable bonds is 2. The maximum Gasteiger partial charge on any atom is 0.307 e. The van der Waals surface area contributed by atoms with Gasteiger partial charge in [-0.25, -0.2) is 0 Å². The Morgan fingerprint density at radius 2 is 2.00 bits per heavy atom. The lowest BCUT2D eigenvalue weighted by atomic mass is 10.0. The first-order chi connectivity index (χ1) is 6.02. The van der Waals surface area contributed by atoms with E-state index in [2.05, 4.69) is 0 Å². The summed E-state index contributed by atoms with van der Waals surface area (Å²) in [6.07, 6.45) is -0.0420. The fourth-order valence-electron chi connectivity index (χ4n) is 1.23. The number of benzene rings is 1. The first kappa shape index (κ1) is 9.58. The molecule has 0 aliphatic heterocycles. The zero-order valence-electron chi connectivity index (χ0n) is 7.66. The van der Waals surface area contributed by atoms with Crippen LogP contribution in [-0.2, 0) is 11.2 Å². The van der Waals surface area contributed by atoms with Crippen molar-refractivity contribution in [3.8, 4) is 5.75 Å². The molecule has 0 saturated heterocycles. The van der Waals surface area contributed by atoms with Crippen molar-refractivity contribution in [2.45, 2.75) is 20.3 Å². The smallest absolute Gasteiger partial charge is 0.307 e. The summed E-state index contributed by atoms with van der Waals surface area (Å²) in [7, 11) is 0. The molecule has 1 rings (SSSR count). The van der Waals surface area contributed by atoms with E-state index in [1.165, 1.54) is 0 Å². The van der Waals surface area contributed by atoms with E-state index in [0.717, 1.165) is 5.56 Å². The van der Waals surface area contributed by atoms with E-state index < -0.39 is 5.97 Å². The second-order valence-corrected chi connectivity index (χ2v) is 3.09. The number of hydrogen-bond donors (Lipinski definition) is 2. The van der Waals surface area contributed by atoms with E-state index >= 15 is 0 Å². The zero-order valence-corrected chi connectivity index (χ0v) is 7.66. The first-order valence-electron chi connectivity index (χ1n) is 4.02. The molecule has 70 valence electrons. The van der Waals surface area contributed by atoms with E-state index in [0.29, 0.717) is 11.1 Å². The number of carboxylic acid groups (broad SMARTS) is 1. The lowest BCUT2D eigenvalue weighted by molar-refractivity contribution is -0.136. The molecule has 3 nitrogen and oxygen atoms in total. The van der Waals surface area contributed by atoms with Gasteiger partial charge in [-0.3, -0.25) is 4.79 Å². The predicted molar refractivity (Wildman–Crippen MR) is 48.9 cm³/mol. The highest BCUT2D eigenvalue weighted by molar-refractivity contribution is 5.71. The van der Waals surface area contributed by atoms with Crippen molar-refractivity contribution in [2.24, 2.45) is 0 Å². The van der Waals surface area contributed by atoms with Crippen molar-refractivity contribution < 1.29 is 15.0 Å². The number of aryl methyl sites for hydroxylation is 1. The summed E-state index contributed by atoms with van der Waals surface area (Å²) in [6.45, 7) is 3.51. The van der Waals surface area contributed by atoms with Crippen LogP contribution >= 0.6 is 0 Å². The molecular weight excluding hydrogens is 168 g/mol. The van der Waals surface area contributed by atoms with Crippen molar-refractivity contribution in [1.29, 1.82) is 0 Å². The summed E-state index contributed by atoms with van der Waals surface area (Å²) in [5, 5.41) is 18.1. The van der Waals surface area contributed by atoms with E-state index in [1.54, 1.807) is 26.0 Å². The number of phenols is 1. The van der Waals surface area contributed by atoms with Crippen LogP contribution in [0, 0.1) is 13.8 Å².